The predicted molar refractivity (Wildman–Crippen MR) is 105 cm³/mol. The first kappa shape index (κ1) is 21.1. The Labute approximate surface area is 164 Å². The zero-order valence-corrected chi connectivity index (χ0v) is 17.7. The van der Waals surface area contributed by atoms with Crippen LogP contribution in [-0.4, -0.2) is 39.3 Å². The van der Waals surface area contributed by atoms with Crippen molar-refractivity contribution in [3.05, 3.63) is 64.1 Å². The van der Waals surface area contributed by atoms with Crippen molar-refractivity contribution in [2.24, 2.45) is 0 Å². The maximum Gasteiger partial charge on any atom is 0.243 e. The SMILES string of the molecule is COC(OC)C(C)N(Cc1ccccc1Br)S(=O)(=O)c1ccc(C)cc1. The lowest BCUT2D eigenvalue weighted by Gasteiger charge is -2.32. The molecule has 2 aromatic carbocycles. The van der Waals surface area contributed by atoms with E-state index in [0.29, 0.717) is 0 Å². The van der Waals surface area contributed by atoms with Crippen molar-refractivity contribution < 1.29 is 17.9 Å². The van der Waals surface area contributed by atoms with E-state index in [-0.39, 0.29) is 11.4 Å². The molecule has 142 valence electrons. The molecule has 7 heteroatoms. The summed E-state index contributed by atoms with van der Waals surface area (Å²) in [5, 5.41) is 0. The first-order valence-electron chi connectivity index (χ1n) is 8.18. The molecule has 0 saturated carbocycles. The van der Waals surface area contributed by atoms with Crippen LogP contribution in [0.25, 0.3) is 0 Å². The van der Waals surface area contributed by atoms with Gasteiger partial charge < -0.3 is 9.47 Å². The van der Waals surface area contributed by atoms with E-state index in [1.165, 1.54) is 18.5 Å². The number of sulfonamides is 1. The standard InChI is InChI=1S/C19H24BrNO4S/c1-14-9-11-17(12-10-14)26(22,23)21(15(2)19(24-3)25-4)13-16-7-5-6-8-18(16)20/h5-12,15,19H,13H2,1-4H3. The highest BCUT2D eigenvalue weighted by Crippen LogP contribution is 2.26. The van der Waals surface area contributed by atoms with Gasteiger partial charge in [-0.3, -0.25) is 0 Å². The number of methoxy groups -OCH3 is 2. The molecular weight excluding hydrogens is 418 g/mol. The van der Waals surface area contributed by atoms with E-state index >= 15 is 0 Å². The minimum atomic E-state index is -3.74. The second kappa shape index (κ2) is 9.10. The molecule has 0 N–H and O–H groups in total. The van der Waals surface area contributed by atoms with Crippen molar-refractivity contribution in [2.45, 2.75) is 37.6 Å². The van der Waals surface area contributed by atoms with Gasteiger partial charge in [-0.25, -0.2) is 8.42 Å². The molecule has 1 unspecified atom stereocenters. The molecule has 0 spiro atoms. The summed E-state index contributed by atoms with van der Waals surface area (Å²) in [5.41, 5.74) is 1.86. The molecule has 0 aliphatic rings. The number of benzene rings is 2. The first-order chi connectivity index (χ1) is 12.3. The van der Waals surface area contributed by atoms with Crippen molar-refractivity contribution in [2.75, 3.05) is 14.2 Å². The van der Waals surface area contributed by atoms with Crippen LogP contribution in [-0.2, 0) is 26.0 Å². The monoisotopic (exact) mass is 441 g/mol. The van der Waals surface area contributed by atoms with Crippen molar-refractivity contribution >= 4 is 26.0 Å². The minimum absolute atomic E-state index is 0.196. The summed E-state index contributed by atoms with van der Waals surface area (Å²) in [6, 6.07) is 13.9. The van der Waals surface area contributed by atoms with E-state index in [1.807, 2.05) is 31.2 Å². The van der Waals surface area contributed by atoms with Crippen LogP contribution in [0.4, 0.5) is 0 Å². The third-order valence-corrected chi connectivity index (χ3v) is 6.94. The Kier molecular flexibility index (Phi) is 7.37. The maximum absolute atomic E-state index is 13.3. The Morgan fingerprint density at radius 2 is 1.62 bits per heavy atom. The average Bonchev–Trinajstić information content (AvgIpc) is 2.62. The Balaban J connectivity index is 2.48. The third kappa shape index (κ3) is 4.72. The van der Waals surface area contributed by atoms with Crippen molar-refractivity contribution in [3.8, 4) is 0 Å². The second-order valence-corrected chi connectivity index (χ2v) is 8.78. The molecule has 2 rings (SSSR count). The van der Waals surface area contributed by atoms with Crippen LogP contribution in [0.5, 0.6) is 0 Å². The number of hydrogen-bond donors (Lipinski definition) is 0. The van der Waals surface area contributed by atoms with Gasteiger partial charge in [-0.2, -0.15) is 4.31 Å². The van der Waals surface area contributed by atoms with Crippen LogP contribution in [0.2, 0.25) is 0 Å². The number of ether oxygens (including phenoxy) is 2. The van der Waals surface area contributed by atoms with Crippen molar-refractivity contribution in [1.82, 2.24) is 4.31 Å². The number of halogens is 1. The van der Waals surface area contributed by atoms with Gasteiger partial charge in [-0.05, 0) is 37.6 Å². The lowest BCUT2D eigenvalue weighted by atomic mass is 10.2. The lowest BCUT2D eigenvalue weighted by Crippen LogP contribution is -2.46. The van der Waals surface area contributed by atoms with Gasteiger partial charge in [0.25, 0.3) is 0 Å². The molecule has 0 aliphatic heterocycles. The fourth-order valence-corrected chi connectivity index (χ4v) is 4.72. The zero-order chi connectivity index (χ0) is 19.3. The summed E-state index contributed by atoms with van der Waals surface area (Å²) in [7, 11) is -0.745. The van der Waals surface area contributed by atoms with Gasteiger partial charge in [-0.15, -0.1) is 0 Å². The molecule has 0 radical (unpaired) electrons. The van der Waals surface area contributed by atoms with Crippen LogP contribution in [0.1, 0.15) is 18.1 Å². The van der Waals surface area contributed by atoms with Gasteiger partial charge >= 0.3 is 0 Å². The summed E-state index contributed by atoms with van der Waals surface area (Å²) in [4.78, 5) is 0.243. The molecular formula is C19H24BrNO4S. The summed E-state index contributed by atoms with van der Waals surface area (Å²) < 4.78 is 39.6. The normalized spacial score (nSPS) is 13.3. The van der Waals surface area contributed by atoms with Gasteiger partial charge in [0.05, 0.1) is 10.9 Å². The molecule has 0 aliphatic carbocycles. The fourth-order valence-electron chi connectivity index (χ4n) is 2.71. The van der Waals surface area contributed by atoms with Crippen molar-refractivity contribution in [1.29, 1.82) is 0 Å². The molecule has 2 aromatic rings. The quantitative estimate of drug-likeness (QED) is 0.581. The Bertz CT molecular complexity index is 820. The van der Waals surface area contributed by atoms with E-state index < -0.39 is 22.4 Å². The summed E-state index contributed by atoms with van der Waals surface area (Å²) >= 11 is 3.49. The topological polar surface area (TPSA) is 55.8 Å². The van der Waals surface area contributed by atoms with E-state index in [4.69, 9.17) is 9.47 Å². The van der Waals surface area contributed by atoms with Crippen LogP contribution in [0.15, 0.2) is 57.9 Å². The maximum atomic E-state index is 13.3. The minimum Gasteiger partial charge on any atom is -0.354 e. The highest BCUT2D eigenvalue weighted by Gasteiger charge is 2.34. The van der Waals surface area contributed by atoms with Gasteiger partial charge in [-0.1, -0.05) is 51.8 Å². The lowest BCUT2D eigenvalue weighted by molar-refractivity contribution is -0.132. The predicted octanol–water partition coefficient (Wildman–Crippen LogP) is 3.96. The third-order valence-electron chi connectivity index (χ3n) is 4.22. The average molecular weight is 442 g/mol. The summed E-state index contributed by atoms with van der Waals surface area (Å²) in [6.45, 7) is 3.89. The number of nitrogens with zero attached hydrogens (tertiary/aromatic N) is 1. The molecule has 5 nitrogen and oxygen atoms in total. The number of aryl methyl sites for hydroxylation is 1. The Morgan fingerprint density at radius 1 is 1.04 bits per heavy atom. The smallest absolute Gasteiger partial charge is 0.243 e. The van der Waals surface area contributed by atoms with E-state index in [2.05, 4.69) is 15.9 Å². The van der Waals surface area contributed by atoms with Gasteiger partial charge in [0.15, 0.2) is 6.29 Å². The molecule has 0 saturated heterocycles. The van der Waals surface area contributed by atoms with Gasteiger partial charge in [0.2, 0.25) is 10.0 Å². The zero-order valence-electron chi connectivity index (χ0n) is 15.3. The molecule has 0 fully saturated rings. The molecule has 26 heavy (non-hydrogen) atoms. The largest absolute Gasteiger partial charge is 0.354 e. The Hall–Kier alpha value is -1.25. The van der Waals surface area contributed by atoms with Crippen LogP contribution in [0, 0.1) is 6.92 Å². The van der Waals surface area contributed by atoms with Crippen LogP contribution in [0.3, 0.4) is 0 Å². The van der Waals surface area contributed by atoms with E-state index in [0.717, 1.165) is 15.6 Å². The summed E-state index contributed by atoms with van der Waals surface area (Å²) in [5.74, 6) is 0. The van der Waals surface area contributed by atoms with Gasteiger partial charge in [0.1, 0.15) is 0 Å². The van der Waals surface area contributed by atoms with Crippen LogP contribution < -0.4 is 0 Å². The van der Waals surface area contributed by atoms with Crippen molar-refractivity contribution in [3.63, 3.8) is 0 Å². The summed E-state index contributed by atoms with van der Waals surface area (Å²) in [6.07, 6.45) is -0.683. The van der Waals surface area contributed by atoms with Gasteiger partial charge in [0, 0.05) is 25.2 Å². The molecule has 0 bridgehead atoms. The number of hydrogen-bond acceptors (Lipinski definition) is 4. The van der Waals surface area contributed by atoms with Crippen LogP contribution >= 0.6 is 15.9 Å². The van der Waals surface area contributed by atoms with E-state index in [1.54, 1.807) is 31.2 Å². The molecule has 0 amide bonds. The molecule has 0 aromatic heterocycles. The first-order valence-corrected chi connectivity index (χ1v) is 10.4. The number of rotatable bonds is 8. The second-order valence-electron chi connectivity index (χ2n) is 6.04. The van der Waals surface area contributed by atoms with E-state index in [9.17, 15) is 8.42 Å². The fraction of sp³-hybridized carbons (Fsp3) is 0.368. The highest BCUT2D eigenvalue weighted by atomic mass is 79.9. The molecule has 0 heterocycles. The highest BCUT2D eigenvalue weighted by molar-refractivity contribution is 9.10. The Morgan fingerprint density at radius 3 is 2.15 bits per heavy atom. The molecule has 1 atom stereocenters.